The number of hydrogen-bond acceptors (Lipinski definition) is 8. The van der Waals surface area contributed by atoms with E-state index < -0.39 is 54.4 Å². The summed E-state index contributed by atoms with van der Waals surface area (Å²) < 4.78 is 29.8. The van der Waals surface area contributed by atoms with Crippen molar-refractivity contribution in [3.8, 4) is 5.75 Å². The second-order valence-corrected chi connectivity index (χ2v) is 8.53. The minimum absolute atomic E-state index is 0.117. The van der Waals surface area contributed by atoms with Gasteiger partial charge in [0.05, 0.1) is 12.2 Å². The number of ketones is 1. The van der Waals surface area contributed by atoms with Gasteiger partial charge in [0.2, 0.25) is 12.2 Å². The van der Waals surface area contributed by atoms with Crippen molar-refractivity contribution in [2.75, 3.05) is 6.61 Å². The van der Waals surface area contributed by atoms with E-state index in [0.717, 1.165) is 0 Å². The van der Waals surface area contributed by atoms with E-state index in [1.807, 2.05) is 0 Å². The number of ether oxygens (including phenoxy) is 5. The second kappa shape index (κ2) is 10.2. The van der Waals surface area contributed by atoms with Crippen LogP contribution in [0.5, 0.6) is 5.75 Å². The van der Waals surface area contributed by atoms with Gasteiger partial charge in [-0.3, -0.25) is 9.59 Å². The number of nitrogens with one attached hydrogen (secondary N) is 1. The molecule has 1 aromatic carbocycles. The van der Waals surface area contributed by atoms with Crippen LogP contribution in [-0.2, 0) is 28.5 Å². The molecule has 0 aliphatic carbocycles. The highest BCUT2D eigenvalue weighted by atomic mass is 16.8. The largest absolute Gasteiger partial charge is 0.479 e. The average molecular weight is 465 g/mol. The van der Waals surface area contributed by atoms with Crippen LogP contribution in [0.15, 0.2) is 24.3 Å². The van der Waals surface area contributed by atoms with Gasteiger partial charge in [-0.05, 0) is 32.9 Å². The van der Waals surface area contributed by atoms with E-state index in [0.29, 0.717) is 5.56 Å². The van der Waals surface area contributed by atoms with E-state index in [1.165, 1.54) is 13.8 Å². The molecule has 0 spiro atoms. The molecule has 3 rings (SSSR count). The Labute approximate surface area is 192 Å². The number of benzene rings is 1. The summed E-state index contributed by atoms with van der Waals surface area (Å²) in [7, 11) is 0. The standard InChI is InChI=1S/C23H31NO9/c1-6-15(26)14-9-7-8-10-16(14)31-22-18(24-13(3)25)20(30-12(2)21(27)28)19-17(32-22)11-29-23(4,5)33-19/h7-10,12,17-20,22H,6,11H2,1-5H3,(H,24,25)(H,27,28). The van der Waals surface area contributed by atoms with Gasteiger partial charge in [-0.15, -0.1) is 0 Å². The molecule has 1 aromatic rings. The van der Waals surface area contributed by atoms with E-state index in [9.17, 15) is 19.5 Å². The number of aliphatic carboxylic acids is 1. The Morgan fingerprint density at radius 3 is 2.61 bits per heavy atom. The summed E-state index contributed by atoms with van der Waals surface area (Å²) in [5.74, 6) is -2.36. The third-order valence-electron chi connectivity index (χ3n) is 5.49. The van der Waals surface area contributed by atoms with E-state index in [-0.39, 0.29) is 24.6 Å². The summed E-state index contributed by atoms with van der Waals surface area (Å²) in [6.07, 6.45) is -4.33. The number of amides is 1. The number of para-hydroxylation sites is 1. The van der Waals surface area contributed by atoms with Gasteiger partial charge >= 0.3 is 5.97 Å². The lowest BCUT2D eigenvalue weighted by atomic mass is 9.94. The van der Waals surface area contributed by atoms with Crippen LogP contribution in [0, 0.1) is 0 Å². The summed E-state index contributed by atoms with van der Waals surface area (Å²) >= 11 is 0. The molecular formula is C23H31NO9. The van der Waals surface area contributed by atoms with Crippen LogP contribution in [0.4, 0.5) is 0 Å². The number of carbonyl (C=O) groups excluding carboxylic acids is 2. The van der Waals surface area contributed by atoms with Crippen molar-refractivity contribution in [2.24, 2.45) is 0 Å². The van der Waals surface area contributed by atoms with Gasteiger partial charge in [-0.25, -0.2) is 4.79 Å². The summed E-state index contributed by atoms with van der Waals surface area (Å²) in [4.78, 5) is 36.0. The van der Waals surface area contributed by atoms with Gasteiger partial charge in [0, 0.05) is 13.3 Å². The highest BCUT2D eigenvalue weighted by molar-refractivity contribution is 5.98. The molecule has 2 aliphatic heterocycles. The van der Waals surface area contributed by atoms with Crippen LogP contribution in [0.1, 0.15) is 51.4 Å². The van der Waals surface area contributed by atoms with E-state index >= 15 is 0 Å². The third-order valence-corrected chi connectivity index (χ3v) is 5.49. The Hall–Kier alpha value is -2.53. The molecular weight excluding hydrogens is 434 g/mol. The lowest BCUT2D eigenvalue weighted by Crippen LogP contribution is -2.70. The average Bonchev–Trinajstić information content (AvgIpc) is 2.75. The molecule has 10 heteroatoms. The number of Topliss-reactive ketones (excluding diaryl/α,β-unsaturated/α-hetero) is 1. The molecule has 0 radical (unpaired) electrons. The predicted octanol–water partition coefficient (Wildman–Crippen LogP) is 1.90. The van der Waals surface area contributed by atoms with Gasteiger partial charge in [0.15, 0.2) is 17.7 Å². The minimum Gasteiger partial charge on any atom is -0.479 e. The zero-order chi connectivity index (χ0) is 24.3. The van der Waals surface area contributed by atoms with Crippen LogP contribution in [-0.4, -0.2) is 71.9 Å². The first-order valence-corrected chi connectivity index (χ1v) is 10.9. The second-order valence-electron chi connectivity index (χ2n) is 8.53. The Kier molecular flexibility index (Phi) is 7.73. The molecule has 2 aliphatic rings. The van der Waals surface area contributed by atoms with Crippen LogP contribution in [0.25, 0.3) is 0 Å². The zero-order valence-corrected chi connectivity index (χ0v) is 19.4. The van der Waals surface area contributed by atoms with Crippen LogP contribution in [0.3, 0.4) is 0 Å². The molecule has 2 saturated heterocycles. The van der Waals surface area contributed by atoms with E-state index in [1.54, 1.807) is 45.0 Å². The fraction of sp³-hybridized carbons (Fsp3) is 0.609. The number of carboxylic acid groups (broad SMARTS) is 1. The number of rotatable bonds is 8. The first-order chi connectivity index (χ1) is 15.5. The smallest absolute Gasteiger partial charge is 0.332 e. The maximum absolute atomic E-state index is 12.4. The Balaban J connectivity index is 1.98. The normalized spacial score (nSPS) is 29.4. The van der Waals surface area contributed by atoms with Gasteiger partial charge < -0.3 is 34.1 Å². The molecule has 2 heterocycles. The Morgan fingerprint density at radius 2 is 1.97 bits per heavy atom. The maximum atomic E-state index is 12.4. The molecule has 1 amide bonds. The van der Waals surface area contributed by atoms with Crippen molar-refractivity contribution in [1.82, 2.24) is 5.32 Å². The summed E-state index contributed by atoms with van der Waals surface area (Å²) in [6.45, 7) is 8.06. The molecule has 2 fully saturated rings. The first kappa shape index (κ1) is 25.1. The van der Waals surface area contributed by atoms with Gasteiger partial charge in [0.1, 0.15) is 30.1 Å². The van der Waals surface area contributed by atoms with Crippen molar-refractivity contribution in [3.63, 3.8) is 0 Å². The number of hydrogen-bond donors (Lipinski definition) is 2. The fourth-order valence-electron chi connectivity index (χ4n) is 3.88. The predicted molar refractivity (Wildman–Crippen MR) is 115 cm³/mol. The van der Waals surface area contributed by atoms with Crippen LogP contribution >= 0.6 is 0 Å². The SMILES string of the molecule is CCC(=O)c1ccccc1OC1OC2COC(C)(C)OC2C(OC(C)C(=O)O)C1NC(C)=O. The molecule has 6 unspecified atom stereocenters. The highest BCUT2D eigenvalue weighted by Crippen LogP contribution is 2.35. The number of carbonyl (C=O) groups is 3. The lowest BCUT2D eigenvalue weighted by molar-refractivity contribution is -0.366. The topological polar surface area (TPSA) is 130 Å². The van der Waals surface area contributed by atoms with Crippen LogP contribution in [0.2, 0.25) is 0 Å². The summed E-state index contributed by atoms with van der Waals surface area (Å²) in [5.41, 5.74) is 0.376. The van der Waals surface area contributed by atoms with Crippen molar-refractivity contribution >= 4 is 17.7 Å². The maximum Gasteiger partial charge on any atom is 0.332 e. The molecule has 33 heavy (non-hydrogen) atoms. The zero-order valence-electron chi connectivity index (χ0n) is 19.4. The summed E-state index contributed by atoms with van der Waals surface area (Å²) in [6, 6.07) is 5.80. The van der Waals surface area contributed by atoms with Crippen molar-refractivity contribution in [2.45, 2.75) is 83.6 Å². The summed E-state index contributed by atoms with van der Waals surface area (Å²) in [5, 5.41) is 12.2. The van der Waals surface area contributed by atoms with Crippen molar-refractivity contribution in [1.29, 1.82) is 0 Å². The van der Waals surface area contributed by atoms with E-state index in [4.69, 9.17) is 23.7 Å². The first-order valence-electron chi connectivity index (χ1n) is 10.9. The monoisotopic (exact) mass is 465 g/mol. The molecule has 0 aromatic heterocycles. The van der Waals surface area contributed by atoms with Gasteiger partial charge in [-0.2, -0.15) is 0 Å². The molecule has 0 saturated carbocycles. The molecule has 10 nitrogen and oxygen atoms in total. The third kappa shape index (κ3) is 5.89. The number of fused-ring (bicyclic) bond motifs is 1. The molecule has 0 bridgehead atoms. The van der Waals surface area contributed by atoms with Gasteiger partial charge in [-0.1, -0.05) is 19.1 Å². The van der Waals surface area contributed by atoms with Crippen molar-refractivity contribution < 1.29 is 43.2 Å². The van der Waals surface area contributed by atoms with Crippen molar-refractivity contribution in [3.05, 3.63) is 29.8 Å². The Bertz CT molecular complexity index is 886. The quantitative estimate of drug-likeness (QED) is 0.553. The minimum atomic E-state index is -1.19. The lowest BCUT2D eigenvalue weighted by Gasteiger charge is -2.51. The Morgan fingerprint density at radius 1 is 1.27 bits per heavy atom. The molecule has 182 valence electrons. The molecule has 6 atom stereocenters. The number of carboxylic acids is 1. The highest BCUT2D eigenvalue weighted by Gasteiger charge is 2.54. The van der Waals surface area contributed by atoms with Crippen LogP contribution < -0.4 is 10.1 Å². The van der Waals surface area contributed by atoms with E-state index in [2.05, 4.69) is 5.32 Å². The fourth-order valence-corrected chi connectivity index (χ4v) is 3.88. The van der Waals surface area contributed by atoms with Gasteiger partial charge in [0.25, 0.3) is 0 Å². The molecule has 2 N–H and O–H groups in total.